The van der Waals surface area contributed by atoms with Gasteiger partial charge < -0.3 is 16.4 Å². The van der Waals surface area contributed by atoms with Crippen LogP contribution < -0.4 is 11.5 Å². The summed E-state index contributed by atoms with van der Waals surface area (Å²) in [7, 11) is 0. The van der Waals surface area contributed by atoms with Gasteiger partial charge in [-0.25, -0.2) is 9.50 Å². The molecule has 7 heteroatoms. The van der Waals surface area contributed by atoms with Crippen LogP contribution in [0.1, 0.15) is 43.9 Å². The van der Waals surface area contributed by atoms with Crippen molar-refractivity contribution >= 4 is 17.2 Å². The third-order valence-corrected chi connectivity index (χ3v) is 4.55. The van der Waals surface area contributed by atoms with Gasteiger partial charge in [0.25, 0.3) is 0 Å². The van der Waals surface area contributed by atoms with E-state index in [4.69, 9.17) is 11.5 Å². The van der Waals surface area contributed by atoms with Gasteiger partial charge in [0.15, 0.2) is 5.82 Å². The molecule has 0 aromatic carbocycles. The van der Waals surface area contributed by atoms with Crippen molar-refractivity contribution in [2.45, 2.75) is 45.1 Å². The maximum atomic E-state index is 12.3. The van der Waals surface area contributed by atoms with Crippen molar-refractivity contribution in [1.29, 1.82) is 0 Å². The fourth-order valence-corrected chi connectivity index (χ4v) is 3.36. The van der Waals surface area contributed by atoms with Crippen LogP contribution in [0.5, 0.6) is 0 Å². The average Bonchev–Trinajstić information content (AvgIpc) is 2.84. The summed E-state index contributed by atoms with van der Waals surface area (Å²) in [5.74, 6) is 0.871. The Morgan fingerprint density at radius 1 is 1.35 bits per heavy atom. The molecule has 0 saturated carbocycles. The van der Waals surface area contributed by atoms with Crippen LogP contribution in [0.15, 0.2) is 12.4 Å². The molecule has 7 nitrogen and oxygen atoms in total. The molecule has 124 valence electrons. The van der Waals surface area contributed by atoms with Crippen molar-refractivity contribution in [3.05, 3.63) is 23.7 Å². The Morgan fingerprint density at radius 3 is 2.61 bits per heavy atom. The van der Waals surface area contributed by atoms with Crippen molar-refractivity contribution in [2.75, 3.05) is 18.8 Å². The molecule has 23 heavy (non-hydrogen) atoms. The van der Waals surface area contributed by atoms with Crippen molar-refractivity contribution in [3.8, 4) is 0 Å². The zero-order valence-electron chi connectivity index (χ0n) is 13.9. The first-order chi connectivity index (χ1) is 10.8. The van der Waals surface area contributed by atoms with Gasteiger partial charge >= 0.3 is 0 Å². The highest BCUT2D eigenvalue weighted by Gasteiger charge is 2.32. The van der Waals surface area contributed by atoms with Gasteiger partial charge in [0.05, 0.1) is 5.54 Å². The van der Waals surface area contributed by atoms with Gasteiger partial charge in [-0.15, -0.1) is 0 Å². The van der Waals surface area contributed by atoms with Crippen molar-refractivity contribution < 1.29 is 4.79 Å². The summed E-state index contributed by atoms with van der Waals surface area (Å²) >= 11 is 0. The zero-order chi connectivity index (χ0) is 16.8. The van der Waals surface area contributed by atoms with E-state index in [1.807, 2.05) is 16.3 Å². The van der Waals surface area contributed by atoms with Gasteiger partial charge in [-0.3, -0.25) is 4.79 Å². The molecule has 0 spiro atoms. The molecule has 3 rings (SSSR count). The molecule has 4 N–H and O–H groups in total. The number of nitrogen functional groups attached to an aromatic ring is 1. The minimum absolute atomic E-state index is 0.0127. The number of amides is 1. The first-order valence-corrected chi connectivity index (χ1v) is 7.96. The van der Waals surface area contributed by atoms with E-state index in [-0.39, 0.29) is 5.91 Å². The van der Waals surface area contributed by atoms with Crippen molar-refractivity contribution in [3.63, 3.8) is 0 Å². The van der Waals surface area contributed by atoms with Crippen LogP contribution >= 0.6 is 0 Å². The number of rotatable bonds is 2. The Balaban J connectivity index is 1.81. The van der Waals surface area contributed by atoms with Gasteiger partial charge in [0.1, 0.15) is 11.8 Å². The molecule has 1 amide bonds. The van der Waals surface area contributed by atoms with Gasteiger partial charge in [0, 0.05) is 24.7 Å². The molecule has 0 bridgehead atoms. The third-order valence-electron chi connectivity index (χ3n) is 4.55. The lowest BCUT2D eigenvalue weighted by Gasteiger charge is -2.35. The van der Waals surface area contributed by atoms with Crippen LogP contribution in [0.25, 0.3) is 5.52 Å². The van der Waals surface area contributed by atoms with Crippen LogP contribution in [0, 0.1) is 6.92 Å². The normalized spacial score (nSPS) is 17.0. The predicted octanol–water partition coefficient (Wildman–Crippen LogP) is 1.06. The number of aryl methyl sites for hydroxylation is 1. The molecule has 2 aromatic rings. The van der Waals surface area contributed by atoms with Crippen LogP contribution in [0.4, 0.5) is 5.82 Å². The average molecular weight is 316 g/mol. The first-order valence-electron chi connectivity index (χ1n) is 7.96. The molecule has 0 aliphatic carbocycles. The molecular formula is C16H24N6O. The van der Waals surface area contributed by atoms with Gasteiger partial charge in [-0.2, -0.15) is 5.10 Å². The lowest BCUT2D eigenvalue weighted by Crippen LogP contribution is -2.53. The fourth-order valence-electron chi connectivity index (χ4n) is 3.36. The highest BCUT2D eigenvalue weighted by atomic mass is 16.2. The maximum absolute atomic E-state index is 12.3. The Morgan fingerprint density at radius 2 is 2.00 bits per heavy atom. The number of piperidine rings is 1. The lowest BCUT2D eigenvalue weighted by atomic mass is 9.92. The molecule has 1 saturated heterocycles. The molecule has 2 aromatic heterocycles. The summed E-state index contributed by atoms with van der Waals surface area (Å²) in [6, 6.07) is 2.13. The fraction of sp³-hybridized carbons (Fsp3) is 0.562. The Hall–Kier alpha value is -2.15. The van der Waals surface area contributed by atoms with Crippen LogP contribution in [-0.4, -0.2) is 44.0 Å². The summed E-state index contributed by atoms with van der Waals surface area (Å²) in [5, 5.41) is 4.36. The van der Waals surface area contributed by atoms with Crippen LogP contribution in [0.3, 0.4) is 0 Å². The zero-order valence-corrected chi connectivity index (χ0v) is 13.9. The number of carbonyl (C=O) groups is 1. The summed E-state index contributed by atoms with van der Waals surface area (Å²) in [6.45, 7) is 6.97. The summed E-state index contributed by atoms with van der Waals surface area (Å²) in [4.78, 5) is 18.2. The summed E-state index contributed by atoms with van der Waals surface area (Å²) < 4.78 is 1.90. The second kappa shape index (κ2) is 5.49. The van der Waals surface area contributed by atoms with Gasteiger partial charge in [-0.1, -0.05) is 0 Å². The molecule has 1 aliphatic rings. The third kappa shape index (κ3) is 2.76. The number of carbonyl (C=O) groups excluding carboxylic acids is 1. The number of aromatic nitrogens is 3. The van der Waals surface area contributed by atoms with Gasteiger partial charge in [0.2, 0.25) is 5.91 Å². The summed E-state index contributed by atoms with van der Waals surface area (Å²) in [5.41, 5.74) is 14.2. The number of nitrogens with two attached hydrogens (primary N) is 2. The molecular weight excluding hydrogens is 292 g/mol. The molecule has 1 aliphatic heterocycles. The highest BCUT2D eigenvalue weighted by molar-refractivity contribution is 5.85. The smallest absolute Gasteiger partial charge is 0.242 e. The molecule has 3 heterocycles. The quantitative estimate of drug-likeness (QED) is 0.862. The van der Waals surface area contributed by atoms with E-state index in [1.54, 1.807) is 13.8 Å². The first kappa shape index (κ1) is 15.7. The number of likely N-dealkylation sites (tertiary alicyclic amines) is 1. The second-order valence-electron chi connectivity index (χ2n) is 6.95. The predicted molar refractivity (Wildman–Crippen MR) is 89.0 cm³/mol. The van der Waals surface area contributed by atoms with E-state index in [9.17, 15) is 4.79 Å². The largest absolute Gasteiger partial charge is 0.382 e. The highest BCUT2D eigenvalue weighted by Crippen LogP contribution is 2.32. The van der Waals surface area contributed by atoms with E-state index in [1.165, 1.54) is 6.33 Å². The Kier molecular flexibility index (Phi) is 3.75. The van der Waals surface area contributed by atoms with E-state index < -0.39 is 5.54 Å². The number of hydrogen-bond acceptors (Lipinski definition) is 5. The minimum atomic E-state index is -0.813. The van der Waals surface area contributed by atoms with E-state index >= 15 is 0 Å². The Labute approximate surface area is 135 Å². The number of nitrogens with zero attached hydrogens (tertiary/aromatic N) is 4. The van der Waals surface area contributed by atoms with Crippen LogP contribution in [-0.2, 0) is 4.79 Å². The molecule has 1 fully saturated rings. The SMILES string of the molecule is Cc1cc(C2CCN(C(=O)C(C)(C)N)CC2)n2ncnc(N)c12. The van der Waals surface area contributed by atoms with Crippen molar-refractivity contribution in [2.24, 2.45) is 5.73 Å². The maximum Gasteiger partial charge on any atom is 0.242 e. The monoisotopic (exact) mass is 316 g/mol. The van der Waals surface area contributed by atoms with Crippen molar-refractivity contribution in [1.82, 2.24) is 19.5 Å². The molecule has 0 atom stereocenters. The van der Waals surface area contributed by atoms with E-state index in [0.717, 1.165) is 42.7 Å². The number of anilines is 1. The number of fused-ring (bicyclic) bond motifs is 1. The van der Waals surface area contributed by atoms with Crippen LogP contribution in [0.2, 0.25) is 0 Å². The minimum Gasteiger partial charge on any atom is -0.382 e. The van der Waals surface area contributed by atoms with Gasteiger partial charge in [-0.05, 0) is 45.2 Å². The standard InChI is InChI=1S/C16H24N6O/c1-10-8-12(22-13(10)14(17)19-9-20-22)11-4-6-21(7-5-11)15(23)16(2,3)18/h8-9,11H,4-7,18H2,1-3H3,(H2,17,19,20). The van der Waals surface area contributed by atoms with E-state index in [0.29, 0.717) is 11.7 Å². The second-order valence-corrected chi connectivity index (χ2v) is 6.95. The summed E-state index contributed by atoms with van der Waals surface area (Å²) in [6.07, 6.45) is 3.29. The number of hydrogen-bond donors (Lipinski definition) is 2. The Bertz CT molecular complexity index is 737. The lowest BCUT2D eigenvalue weighted by molar-refractivity contribution is -0.136. The molecule has 0 radical (unpaired) electrons. The van der Waals surface area contributed by atoms with E-state index in [2.05, 4.69) is 16.1 Å². The molecule has 0 unspecified atom stereocenters. The topological polar surface area (TPSA) is 103 Å².